The third-order valence-electron chi connectivity index (χ3n) is 3.46. The fraction of sp³-hybridized carbons (Fsp3) is 0.294. The molecule has 18 heavy (non-hydrogen) atoms. The fourth-order valence-electron chi connectivity index (χ4n) is 2.60. The molecule has 0 bridgehead atoms. The Bertz CT molecular complexity index is 515. The molecular formula is C17H19Cl. The molecule has 0 aromatic heterocycles. The quantitative estimate of drug-likeness (QED) is 0.660. The van der Waals surface area contributed by atoms with Gasteiger partial charge in [-0.2, -0.15) is 0 Å². The van der Waals surface area contributed by atoms with Crippen molar-refractivity contribution < 1.29 is 0 Å². The molecule has 94 valence electrons. The van der Waals surface area contributed by atoms with Crippen molar-refractivity contribution in [2.24, 2.45) is 0 Å². The molecule has 0 nitrogen and oxygen atoms in total. The van der Waals surface area contributed by atoms with Gasteiger partial charge in [-0.15, -0.1) is 11.6 Å². The van der Waals surface area contributed by atoms with E-state index in [0.29, 0.717) is 5.88 Å². The molecule has 0 saturated heterocycles. The molecule has 0 aliphatic rings. The third-order valence-corrected chi connectivity index (χ3v) is 3.75. The lowest BCUT2D eigenvalue weighted by atomic mass is 9.90. The number of alkyl halides is 1. The molecule has 0 saturated carbocycles. The molecule has 1 heteroatoms. The third kappa shape index (κ3) is 2.44. The Balaban J connectivity index is 2.62. The molecular weight excluding hydrogens is 240 g/mol. The van der Waals surface area contributed by atoms with E-state index in [4.69, 9.17) is 11.6 Å². The maximum absolute atomic E-state index is 6.04. The first-order valence-corrected chi connectivity index (χ1v) is 7.10. The van der Waals surface area contributed by atoms with Crippen LogP contribution in [0.5, 0.6) is 0 Å². The Labute approximate surface area is 115 Å². The van der Waals surface area contributed by atoms with Crippen LogP contribution < -0.4 is 0 Å². The van der Waals surface area contributed by atoms with E-state index in [-0.39, 0.29) is 0 Å². The summed E-state index contributed by atoms with van der Waals surface area (Å²) in [5.74, 6) is 0.602. The van der Waals surface area contributed by atoms with E-state index in [1.54, 1.807) is 0 Å². The van der Waals surface area contributed by atoms with E-state index in [0.717, 1.165) is 12.8 Å². The highest BCUT2D eigenvalue weighted by molar-refractivity contribution is 6.17. The number of halogens is 1. The molecule has 0 amide bonds. The van der Waals surface area contributed by atoms with Crippen LogP contribution in [0.3, 0.4) is 0 Å². The summed E-state index contributed by atoms with van der Waals surface area (Å²) in [4.78, 5) is 0. The van der Waals surface area contributed by atoms with Crippen molar-refractivity contribution in [3.8, 4) is 11.1 Å². The summed E-state index contributed by atoms with van der Waals surface area (Å²) in [7, 11) is 0. The second-order valence-corrected chi connectivity index (χ2v) is 4.70. The molecule has 0 unspecified atom stereocenters. The average molecular weight is 259 g/mol. The van der Waals surface area contributed by atoms with Gasteiger partial charge in [-0.05, 0) is 40.7 Å². The molecule has 0 heterocycles. The van der Waals surface area contributed by atoms with Crippen molar-refractivity contribution in [1.29, 1.82) is 0 Å². The standard InChI is InChI=1S/C17H19Cl/c1-3-15-14(12-18)10-11-17(16(15)4-2)13-8-6-5-7-9-13/h5-11H,3-4,12H2,1-2H3. The predicted molar refractivity (Wildman–Crippen MR) is 80.2 cm³/mol. The van der Waals surface area contributed by atoms with Gasteiger partial charge in [-0.1, -0.05) is 56.3 Å². The second-order valence-electron chi connectivity index (χ2n) is 4.44. The van der Waals surface area contributed by atoms with E-state index in [2.05, 4.69) is 56.3 Å². The molecule has 0 N–H and O–H groups in total. The van der Waals surface area contributed by atoms with E-state index in [1.807, 2.05) is 0 Å². The lowest BCUT2D eigenvalue weighted by molar-refractivity contribution is 1.02. The van der Waals surface area contributed by atoms with Gasteiger partial charge in [0.15, 0.2) is 0 Å². The van der Waals surface area contributed by atoms with Crippen molar-refractivity contribution in [3.05, 3.63) is 59.2 Å². The van der Waals surface area contributed by atoms with Crippen LogP contribution in [0.15, 0.2) is 42.5 Å². The Morgan fingerprint density at radius 2 is 1.50 bits per heavy atom. The molecule has 2 aromatic rings. The van der Waals surface area contributed by atoms with Crippen LogP contribution in [-0.2, 0) is 18.7 Å². The summed E-state index contributed by atoms with van der Waals surface area (Å²) < 4.78 is 0. The van der Waals surface area contributed by atoms with E-state index >= 15 is 0 Å². The van der Waals surface area contributed by atoms with Gasteiger partial charge in [0.05, 0.1) is 0 Å². The second kappa shape index (κ2) is 6.06. The van der Waals surface area contributed by atoms with Gasteiger partial charge in [0.1, 0.15) is 0 Å². The number of hydrogen-bond donors (Lipinski definition) is 0. The summed E-state index contributed by atoms with van der Waals surface area (Å²) in [6, 6.07) is 15.0. The SMILES string of the molecule is CCc1c(CCl)ccc(-c2ccccc2)c1CC. The van der Waals surface area contributed by atoms with Crippen molar-refractivity contribution in [1.82, 2.24) is 0 Å². The van der Waals surface area contributed by atoms with Gasteiger partial charge < -0.3 is 0 Å². The Hall–Kier alpha value is -1.27. The van der Waals surface area contributed by atoms with Crippen LogP contribution in [0.4, 0.5) is 0 Å². The molecule has 0 atom stereocenters. The van der Waals surface area contributed by atoms with Gasteiger partial charge in [-0.3, -0.25) is 0 Å². The smallest absolute Gasteiger partial charge is 0.0476 e. The molecule has 0 fully saturated rings. The maximum atomic E-state index is 6.04. The van der Waals surface area contributed by atoms with Gasteiger partial charge in [0.25, 0.3) is 0 Å². The number of benzene rings is 2. The van der Waals surface area contributed by atoms with Gasteiger partial charge >= 0.3 is 0 Å². The summed E-state index contributed by atoms with van der Waals surface area (Å²) in [5, 5.41) is 0. The minimum Gasteiger partial charge on any atom is -0.122 e. The predicted octanol–water partition coefficient (Wildman–Crippen LogP) is 5.22. The van der Waals surface area contributed by atoms with Crippen LogP contribution in [-0.4, -0.2) is 0 Å². The lowest BCUT2D eigenvalue weighted by Crippen LogP contribution is -1.99. The Morgan fingerprint density at radius 3 is 2.06 bits per heavy atom. The Morgan fingerprint density at radius 1 is 0.833 bits per heavy atom. The summed E-state index contributed by atoms with van der Waals surface area (Å²) in [6.07, 6.45) is 2.10. The highest BCUT2D eigenvalue weighted by atomic mass is 35.5. The maximum Gasteiger partial charge on any atom is 0.0476 e. The minimum absolute atomic E-state index is 0.602. The number of rotatable bonds is 4. The van der Waals surface area contributed by atoms with Gasteiger partial charge in [0, 0.05) is 5.88 Å². The Kier molecular flexibility index (Phi) is 4.43. The van der Waals surface area contributed by atoms with Gasteiger partial charge in [0.2, 0.25) is 0 Å². The monoisotopic (exact) mass is 258 g/mol. The van der Waals surface area contributed by atoms with Crippen molar-refractivity contribution in [2.45, 2.75) is 32.6 Å². The minimum atomic E-state index is 0.602. The molecule has 2 rings (SSSR count). The first-order valence-electron chi connectivity index (χ1n) is 6.56. The highest BCUT2D eigenvalue weighted by Gasteiger charge is 2.11. The highest BCUT2D eigenvalue weighted by Crippen LogP contribution is 2.30. The summed E-state index contributed by atoms with van der Waals surface area (Å²) in [6.45, 7) is 4.43. The van der Waals surface area contributed by atoms with Crippen LogP contribution in [0.2, 0.25) is 0 Å². The summed E-state index contributed by atoms with van der Waals surface area (Å²) in [5.41, 5.74) is 6.79. The molecule has 0 aliphatic carbocycles. The zero-order valence-electron chi connectivity index (χ0n) is 11.0. The van der Waals surface area contributed by atoms with Crippen LogP contribution in [0, 0.1) is 0 Å². The van der Waals surface area contributed by atoms with E-state index in [9.17, 15) is 0 Å². The van der Waals surface area contributed by atoms with Gasteiger partial charge in [-0.25, -0.2) is 0 Å². The van der Waals surface area contributed by atoms with Crippen LogP contribution in [0.1, 0.15) is 30.5 Å². The number of hydrogen-bond acceptors (Lipinski definition) is 0. The van der Waals surface area contributed by atoms with E-state index < -0.39 is 0 Å². The van der Waals surface area contributed by atoms with E-state index in [1.165, 1.54) is 27.8 Å². The van der Waals surface area contributed by atoms with Crippen LogP contribution in [0.25, 0.3) is 11.1 Å². The summed E-state index contributed by atoms with van der Waals surface area (Å²) >= 11 is 6.04. The molecule has 0 spiro atoms. The van der Waals surface area contributed by atoms with Crippen molar-refractivity contribution in [2.75, 3.05) is 0 Å². The molecule has 2 aromatic carbocycles. The first-order chi connectivity index (χ1) is 8.81. The zero-order valence-corrected chi connectivity index (χ0v) is 11.8. The lowest BCUT2D eigenvalue weighted by Gasteiger charge is -2.16. The van der Waals surface area contributed by atoms with Crippen LogP contribution >= 0.6 is 11.6 Å². The fourth-order valence-corrected chi connectivity index (χ4v) is 2.85. The zero-order chi connectivity index (χ0) is 13.0. The average Bonchev–Trinajstić information content (AvgIpc) is 2.46. The van der Waals surface area contributed by atoms with Crippen molar-refractivity contribution in [3.63, 3.8) is 0 Å². The molecule has 0 radical (unpaired) electrons. The normalized spacial score (nSPS) is 10.6. The largest absolute Gasteiger partial charge is 0.122 e. The molecule has 0 aliphatic heterocycles. The van der Waals surface area contributed by atoms with Crippen molar-refractivity contribution >= 4 is 11.6 Å². The first kappa shape index (κ1) is 13.2. The topological polar surface area (TPSA) is 0 Å².